The molecule has 23 heavy (non-hydrogen) atoms. The van der Waals surface area contributed by atoms with Gasteiger partial charge in [0, 0.05) is 6.07 Å². The van der Waals surface area contributed by atoms with Crippen LogP contribution >= 0.6 is 0 Å². The molecule has 11 nitrogen and oxygen atoms in total. The van der Waals surface area contributed by atoms with Crippen LogP contribution in [0.5, 0.6) is 0 Å². The van der Waals surface area contributed by atoms with Crippen molar-refractivity contribution in [1.82, 2.24) is 0 Å². The van der Waals surface area contributed by atoms with Crippen molar-refractivity contribution in [2.45, 2.75) is 6.92 Å². The molecule has 1 saturated heterocycles. The minimum Gasteiger partial charge on any atom is -0.299 e. The summed E-state index contributed by atoms with van der Waals surface area (Å²) in [6.07, 6.45) is 0. The number of ketones is 2. The number of carbonyl (C=O) groups excluding carboxylic acids is 4. The summed E-state index contributed by atoms with van der Waals surface area (Å²) in [5, 5.41) is 21.7. The molecule has 1 fully saturated rings. The average molecular weight is 321 g/mol. The minimum absolute atomic E-state index is 0.205. The summed E-state index contributed by atoms with van der Waals surface area (Å²) in [6, 6.07) is 2.21. The number of anilines is 1. The van der Waals surface area contributed by atoms with Crippen molar-refractivity contribution in [1.29, 1.82) is 0 Å². The highest BCUT2D eigenvalue weighted by Gasteiger charge is 2.51. The monoisotopic (exact) mass is 321 g/mol. The van der Waals surface area contributed by atoms with Crippen LogP contribution in [0, 0.1) is 26.1 Å². The van der Waals surface area contributed by atoms with Crippen molar-refractivity contribution >= 4 is 40.4 Å². The van der Waals surface area contributed by atoms with Gasteiger partial charge in [-0.25, -0.2) is 4.90 Å². The molecule has 2 rings (SSSR count). The molecule has 11 heteroatoms. The van der Waals surface area contributed by atoms with E-state index in [1.807, 2.05) is 0 Å². The van der Waals surface area contributed by atoms with Gasteiger partial charge in [0.15, 0.2) is 5.92 Å². The Morgan fingerprint density at radius 2 is 1.74 bits per heavy atom. The first-order chi connectivity index (χ1) is 10.7. The van der Waals surface area contributed by atoms with E-state index in [0.29, 0.717) is 6.07 Å². The first-order valence-corrected chi connectivity index (χ1v) is 6.02. The van der Waals surface area contributed by atoms with E-state index < -0.39 is 56.2 Å². The Balaban J connectivity index is 2.62. The van der Waals surface area contributed by atoms with Crippen LogP contribution in [0.4, 0.5) is 17.1 Å². The van der Waals surface area contributed by atoms with Crippen LogP contribution in [0.3, 0.4) is 0 Å². The zero-order chi connectivity index (χ0) is 17.5. The van der Waals surface area contributed by atoms with E-state index >= 15 is 0 Å². The summed E-state index contributed by atoms with van der Waals surface area (Å²) in [5.74, 6) is -6.63. The van der Waals surface area contributed by atoms with Crippen LogP contribution in [-0.4, -0.2) is 33.2 Å². The molecule has 1 aliphatic rings. The number of benzene rings is 1. The molecule has 0 saturated carbocycles. The molecule has 0 N–H and O–H groups in total. The number of rotatable bonds is 4. The predicted molar refractivity (Wildman–Crippen MR) is 71.4 cm³/mol. The van der Waals surface area contributed by atoms with Crippen molar-refractivity contribution in [3.8, 4) is 0 Å². The fraction of sp³-hybridized carbons (Fsp3) is 0.167. The fourth-order valence-electron chi connectivity index (χ4n) is 2.12. The van der Waals surface area contributed by atoms with Crippen molar-refractivity contribution < 1.29 is 29.0 Å². The summed E-state index contributed by atoms with van der Waals surface area (Å²) >= 11 is 0. The van der Waals surface area contributed by atoms with Crippen LogP contribution in [0.1, 0.15) is 6.92 Å². The van der Waals surface area contributed by atoms with E-state index in [1.54, 1.807) is 0 Å². The second-order valence-corrected chi connectivity index (χ2v) is 4.57. The van der Waals surface area contributed by atoms with Crippen LogP contribution < -0.4 is 4.90 Å². The van der Waals surface area contributed by atoms with E-state index in [0.717, 1.165) is 19.1 Å². The second kappa shape index (κ2) is 5.36. The summed E-state index contributed by atoms with van der Waals surface area (Å²) in [7, 11) is 0. The van der Waals surface area contributed by atoms with Crippen LogP contribution in [0.25, 0.3) is 0 Å². The quantitative estimate of drug-likeness (QED) is 0.249. The smallest absolute Gasteiger partial charge is 0.299 e. The third kappa shape index (κ3) is 2.43. The number of hydrogen-bond acceptors (Lipinski definition) is 8. The van der Waals surface area contributed by atoms with Gasteiger partial charge < -0.3 is 0 Å². The van der Waals surface area contributed by atoms with Gasteiger partial charge in [0.1, 0.15) is 11.5 Å². The Kier molecular flexibility index (Phi) is 3.70. The third-order valence-electron chi connectivity index (χ3n) is 3.16. The predicted octanol–water partition coefficient (Wildman–Crippen LogP) is 0.150. The van der Waals surface area contributed by atoms with Gasteiger partial charge >= 0.3 is 5.91 Å². The molecule has 0 unspecified atom stereocenters. The zero-order valence-electron chi connectivity index (χ0n) is 11.4. The molecule has 1 aliphatic heterocycles. The first-order valence-electron chi connectivity index (χ1n) is 6.02. The average Bonchev–Trinajstić information content (AvgIpc) is 2.68. The van der Waals surface area contributed by atoms with Gasteiger partial charge in [-0.15, -0.1) is 0 Å². The van der Waals surface area contributed by atoms with Crippen molar-refractivity contribution in [2.75, 3.05) is 4.90 Å². The Bertz CT molecular complexity index is 799. The lowest BCUT2D eigenvalue weighted by Gasteiger charge is -2.13. The number of nitro groups is 2. The highest BCUT2D eigenvalue weighted by molar-refractivity contribution is 6.59. The number of nitrogens with zero attached hydrogens (tertiary/aromatic N) is 3. The topological polar surface area (TPSA) is 158 Å². The lowest BCUT2D eigenvalue weighted by Crippen LogP contribution is -2.32. The summed E-state index contributed by atoms with van der Waals surface area (Å²) in [4.78, 5) is 66.9. The van der Waals surface area contributed by atoms with E-state index in [9.17, 15) is 39.4 Å². The largest absolute Gasteiger partial charge is 0.302 e. The molecule has 2 amide bonds. The molecule has 0 aliphatic carbocycles. The van der Waals surface area contributed by atoms with E-state index in [1.165, 1.54) is 0 Å². The molecule has 118 valence electrons. The maximum Gasteiger partial charge on any atom is 0.302 e. The van der Waals surface area contributed by atoms with Gasteiger partial charge in [-0.05, 0) is 13.0 Å². The minimum atomic E-state index is -1.85. The highest BCUT2D eigenvalue weighted by atomic mass is 16.6. The molecule has 0 aromatic heterocycles. The summed E-state index contributed by atoms with van der Waals surface area (Å²) < 4.78 is 0. The molecule has 0 bridgehead atoms. The van der Waals surface area contributed by atoms with Gasteiger partial charge in [0.05, 0.1) is 15.9 Å². The Labute approximate surface area is 126 Å². The number of amides is 2. The standard InChI is InChI=1S/C12H7N3O8/c1-5(16)9-10(17)12(19)13(11(9)18)7-3-2-6(14(20)21)4-8(7)15(22)23/h2-4,9H,1H3/t9-/m0/s1. The molecule has 0 spiro atoms. The third-order valence-corrected chi connectivity index (χ3v) is 3.16. The molecule has 1 atom stereocenters. The van der Waals surface area contributed by atoms with Gasteiger partial charge in [0.2, 0.25) is 5.78 Å². The van der Waals surface area contributed by atoms with Gasteiger partial charge in [-0.2, -0.15) is 0 Å². The molecule has 1 heterocycles. The normalized spacial score (nSPS) is 17.5. The van der Waals surface area contributed by atoms with Crippen molar-refractivity contribution in [2.24, 2.45) is 5.92 Å². The van der Waals surface area contributed by atoms with Crippen LogP contribution in [-0.2, 0) is 19.2 Å². The molecular formula is C12H7N3O8. The van der Waals surface area contributed by atoms with Gasteiger partial charge in [0.25, 0.3) is 17.3 Å². The van der Waals surface area contributed by atoms with Crippen molar-refractivity contribution in [3.05, 3.63) is 38.4 Å². The lowest BCUT2D eigenvalue weighted by atomic mass is 10.0. The Morgan fingerprint density at radius 3 is 2.17 bits per heavy atom. The summed E-state index contributed by atoms with van der Waals surface area (Å²) in [5.41, 5.74) is -2.14. The number of nitro benzene ring substituents is 2. The number of hydrogen-bond donors (Lipinski definition) is 0. The summed E-state index contributed by atoms with van der Waals surface area (Å²) in [6.45, 7) is 0.932. The van der Waals surface area contributed by atoms with E-state index in [2.05, 4.69) is 0 Å². The Hall–Kier alpha value is -3.50. The number of carbonyl (C=O) groups is 4. The van der Waals surface area contributed by atoms with Crippen LogP contribution in [0.15, 0.2) is 18.2 Å². The van der Waals surface area contributed by atoms with E-state index in [4.69, 9.17) is 0 Å². The lowest BCUT2D eigenvalue weighted by molar-refractivity contribution is -0.393. The maximum atomic E-state index is 12.1. The number of imide groups is 1. The van der Waals surface area contributed by atoms with Gasteiger partial charge in [-0.3, -0.25) is 39.4 Å². The highest BCUT2D eigenvalue weighted by Crippen LogP contribution is 2.35. The number of Topliss-reactive ketones (excluding diaryl/α,β-unsaturated/α-hetero) is 2. The Morgan fingerprint density at radius 1 is 1.13 bits per heavy atom. The maximum absolute atomic E-state index is 12.1. The molecular weight excluding hydrogens is 314 g/mol. The van der Waals surface area contributed by atoms with Crippen LogP contribution in [0.2, 0.25) is 0 Å². The first kappa shape index (κ1) is 15.9. The second-order valence-electron chi connectivity index (χ2n) is 4.57. The van der Waals surface area contributed by atoms with Crippen molar-refractivity contribution in [3.63, 3.8) is 0 Å². The molecule has 0 radical (unpaired) electrons. The molecule has 1 aromatic rings. The van der Waals surface area contributed by atoms with Gasteiger partial charge in [-0.1, -0.05) is 0 Å². The van der Waals surface area contributed by atoms with E-state index in [-0.39, 0.29) is 4.90 Å². The zero-order valence-corrected chi connectivity index (χ0v) is 11.4. The molecule has 1 aromatic carbocycles. The number of non-ortho nitro benzene ring substituents is 1. The fourth-order valence-corrected chi connectivity index (χ4v) is 2.12. The SMILES string of the molecule is CC(=O)[C@H]1C(=O)C(=O)N(c2ccc([N+](=O)[O-])cc2[N+](=O)[O-])C1=O.